The van der Waals surface area contributed by atoms with Gasteiger partial charge in [-0.15, -0.1) is 0 Å². The lowest BCUT2D eigenvalue weighted by atomic mass is 10.1. The molecule has 120 valence electrons. The summed E-state index contributed by atoms with van der Waals surface area (Å²) in [5, 5.41) is 10.1. The van der Waals surface area contributed by atoms with E-state index in [4.69, 9.17) is 4.74 Å². The first kappa shape index (κ1) is 17.8. The van der Waals surface area contributed by atoms with E-state index in [-0.39, 0.29) is 0 Å². The summed E-state index contributed by atoms with van der Waals surface area (Å²) in [5.74, 6) is 1.07. The molecule has 0 aromatic heterocycles. The lowest BCUT2D eigenvalue weighted by molar-refractivity contribution is 0.255. The van der Waals surface area contributed by atoms with Crippen molar-refractivity contribution in [2.75, 3.05) is 40.3 Å². The van der Waals surface area contributed by atoms with Crippen molar-refractivity contribution < 1.29 is 9.84 Å². The molecule has 0 fully saturated rings. The molecule has 21 heavy (non-hydrogen) atoms. The van der Waals surface area contributed by atoms with Gasteiger partial charge in [0.05, 0.1) is 6.61 Å². The van der Waals surface area contributed by atoms with Crippen LogP contribution in [0.4, 0.5) is 0 Å². The Morgan fingerprint density at radius 1 is 1.14 bits per heavy atom. The van der Waals surface area contributed by atoms with Gasteiger partial charge in [-0.25, -0.2) is 0 Å². The van der Waals surface area contributed by atoms with Crippen molar-refractivity contribution in [2.45, 2.75) is 33.2 Å². The molecule has 1 N–H and O–H groups in total. The molecule has 0 saturated carbocycles. The first-order chi connectivity index (χ1) is 10.1. The molecule has 0 amide bonds. The SMILES string of the molecule is CCCOc1ccc(CN(CC)CCCN(C)C)c(O)c1. The number of phenols is 1. The molecule has 1 rings (SSSR count). The lowest BCUT2D eigenvalue weighted by Gasteiger charge is -2.22. The van der Waals surface area contributed by atoms with Gasteiger partial charge in [-0.05, 0) is 52.6 Å². The average Bonchev–Trinajstić information content (AvgIpc) is 2.45. The fraction of sp³-hybridized carbons (Fsp3) is 0.647. The van der Waals surface area contributed by atoms with Crippen LogP contribution in [-0.2, 0) is 6.54 Å². The Kier molecular flexibility index (Phi) is 8.16. The maximum atomic E-state index is 10.1. The Hall–Kier alpha value is -1.26. The molecule has 0 spiro atoms. The van der Waals surface area contributed by atoms with E-state index in [9.17, 15) is 5.11 Å². The molecule has 0 bridgehead atoms. The number of phenolic OH excluding ortho intramolecular Hbond substituents is 1. The van der Waals surface area contributed by atoms with Gasteiger partial charge in [-0.3, -0.25) is 4.90 Å². The van der Waals surface area contributed by atoms with Gasteiger partial charge in [-0.2, -0.15) is 0 Å². The van der Waals surface area contributed by atoms with Gasteiger partial charge >= 0.3 is 0 Å². The summed E-state index contributed by atoms with van der Waals surface area (Å²) in [7, 11) is 4.19. The second kappa shape index (κ2) is 9.64. The van der Waals surface area contributed by atoms with Crippen LogP contribution in [0.3, 0.4) is 0 Å². The first-order valence-electron chi connectivity index (χ1n) is 7.88. The summed E-state index contributed by atoms with van der Waals surface area (Å²) in [5.41, 5.74) is 0.963. The molecule has 0 saturated heterocycles. The zero-order valence-corrected chi connectivity index (χ0v) is 13.9. The standard InChI is InChI=1S/C17H30N2O2/c1-5-12-21-16-9-8-15(17(20)13-16)14-19(6-2)11-7-10-18(3)4/h8-9,13,20H,5-7,10-12,14H2,1-4H3. The number of hydrogen-bond acceptors (Lipinski definition) is 4. The molecule has 0 unspecified atom stereocenters. The Morgan fingerprint density at radius 3 is 2.48 bits per heavy atom. The third kappa shape index (κ3) is 6.82. The van der Waals surface area contributed by atoms with Crippen LogP contribution in [0.1, 0.15) is 32.3 Å². The van der Waals surface area contributed by atoms with Crippen LogP contribution >= 0.6 is 0 Å². The molecule has 0 aliphatic rings. The normalized spacial score (nSPS) is 11.3. The molecular weight excluding hydrogens is 264 g/mol. The predicted molar refractivity (Wildman–Crippen MR) is 88.0 cm³/mol. The van der Waals surface area contributed by atoms with Crippen LogP contribution in [0.25, 0.3) is 0 Å². The highest BCUT2D eigenvalue weighted by Gasteiger charge is 2.09. The van der Waals surface area contributed by atoms with Crippen molar-refractivity contribution in [3.63, 3.8) is 0 Å². The summed E-state index contributed by atoms with van der Waals surface area (Å²) in [6.45, 7) is 8.82. The van der Waals surface area contributed by atoms with Crippen LogP contribution in [-0.4, -0.2) is 55.2 Å². The smallest absolute Gasteiger partial charge is 0.123 e. The van der Waals surface area contributed by atoms with Gasteiger partial charge < -0.3 is 14.7 Å². The molecule has 1 aromatic rings. The van der Waals surface area contributed by atoms with E-state index in [0.29, 0.717) is 12.4 Å². The minimum absolute atomic E-state index is 0.328. The van der Waals surface area contributed by atoms with E-state index in [1.807, 2.05) is 12.1 Å². The molecule has 0 aliphatic heterocycles. The Bertz CT molecular complexity index is 408. The van der Waals surface area contributed by atoms with Crippen molar-refractivity contribution in [1.82, 2.24) is 9.80 Å². The average molecular weight is 294 g/mol. The molecule has 0 atom stereocenters. The largest absolute Gasteiger partial charge is 0.507 e. The van der Waals surface area contributed by atoms with Crippen LogP contribution in [0.15, 0.2) is 18.2 Å². The number of aromatic hydroxyl groups is 1. The monoisotopic (exact) mass is 294 g/mol. The van der Waals surface area contributed by atoms with Crippen LogP contribution in [0.2, 0.25) is 0 Å². The van der Waals surface area contributed by atoms with Gasteiger partial charge in [0, 0.05) is 18.2 Å². The maximum absolute atomic E-state index is 10.1. The summed E-state index contributed by atoms with van der Waals surface area (Å²) < 4.78 is 5.53. The zero-order chi connectivity index (χ0) is 15.7. The second-order valence-electron chi connectivity index (χ2n) is 5.66. The van der Waals surface area contributed by atoms with Gasteiger partial charge in [0.15, 0.2) is 0 Å². The van der Waals surface area contributed by atoms with Crippen LogP contribution < -0.4 is 4.74 Å². The van der Waals surface area contributed by atoms with E-state index in [0.717, 1.165) is 50.3 Å². The lowest BCUT2D eigenvalue weighted by Crippen LogP contribution is -2.26. The highest BCUT2D eigenvalue weighted by atomic mass is 16.5. The molecule has 0 radical (unpaired) electrons. The summed E-state index contributed by atoms with van der Waals surface area (Å²) in [6, 6.07) is 5.63. The fourth-order valence-corrected chi connectivity index (χ4v) is 2.19. The number of rotatable bonds is 10. The summed E-state index contributed by atoms with van der Waals surface area (Å²) >= 11 is 0. The van der Waals surface area contributed by atoms with E-state index in [2.05, 4.69) is 37.7 Å². The van der Waals surface area contributed by atoms with E-state index in [1.165, 1.54) is 0 Å². The van der Waals surface area contributed by atoms with Crippen molar-refractivity contribution in [2.24, 2.45) is 0 Å². The maximum Gasteiger partial charge on any atom is 0.123 e. The van der Waals surface area contributed by atoms with Crippen LogP contribution in [0.5, 0.6) is 11.5 Å². The van der Waals surface area contributed by atoms with E-state index < -0.39 is 0 Å². The first-order valence-corrected chi connectivity index (χ1v) is 7.88. The van der Waals surface area contributed by atoms with Gasteiger partial charge in [0.2, 0.25) is 0 Å². The highest BCUT2D eigenvalue weighted by Crippen LogP contribution is 2.25. The second-order valence-corrected chi connectivity index (χ2v) is 5.66. The number of nitrogens with zero attached hydrogens (tertiary/aromatic N) is 2. The Labute approximate surface area is 129 Å². The molecule has 0 heterocycles. The fourth-order valence-electron chi connectivity index (χ4n) is 2.19. The van der Waals surface area contributed by atoms with E-state index >= 15 is 0 Å². The summed E-state index contributed by atoms with van der Waals surface area (Å²) in [6.07, 6.45) is 2.11. The highest BCUT2D eigenvalue weighted by molar-refractivity contribution is 5.39. The molecule has 4 nitrogen and oxygen atoms in total. The zero-order valence-electron chi connectivity index (χ0n) is 13.9. The van der Waals surface area contributed by atoms with Crippen molar-refractivity contribution in [1.29, 1.82) is 0 Å². The number of benzene rings is 1. The van der Waals surface area contributed by atoms with Crippen molar-refractivity contribution in [3.8, 4) is 11.5 Å². The molecule has 0 aliphatic carbocycles. The number of ether oxygens (including phenoxy) is 1. The third-order valence-electron chi connectivity index (χ3n) is 3.45. The minimum Gasteiger partial charge on any atom is -0.507 e. The van der Waals surface area contributed by atoms with Gasteiger partial charge in [0.1, 0.15) is 11.5 Å². The quantitative estimate of drug-likeness (QED) is 0.720. The summed E-state index contributed by atoms with van der Waals surface area (Å²) in [4.78, 5) is 4.55. The predicted octanol–water partition coefficient (Wildman–Crippen LogP) is 2.95. The van der Waals surface area contributed by atoms with Crippen LogP contribution in [0, 0.1) is 0 Å². The topological polar surface area (TPSA) is 35.9 Å². The van der Waals surface area contributed by atoms with Crippen molar-refractivity contribution >= 4 is 0 Å². The third-order valence-corrected chi connectivity index (χ3v) is 3.45. The number of hydrogen-bond donors (Lipinski definition) is 1. The minimum atomic E-state index is 0.328. The molecule has 1 aromatic carbocycles. The van der Waals surface area contributed by atoms with Gasteiger partial charge in [0.25, 0.3) is 0 Å². The Balaban J connectivity index is 2.55. The van der Waals surface area contributed by atoms with Gasteiger partial charge in [-0.1, -0.05) is 19.9 Å². The van der Waals surface area contributed by atoms with Crippen molar-refractivity contribution in [3.05, 3.63) is 23.8 Å². The molecule has 4 heteroatoms. The molecular formula is C17H30N2O2. The van der Waals surface area contributed by atoms with E-state index in [1.54, 1.807) is 6.07 Å². The Morgan fingerprint density at radius 2 is 1.90 bits per heavy atom.